The predicted octanol–water partition coefficient (Wildman–Crippen LogP) is 2.64. The van der Waals surface area contributed by atoms with Crippen molar-refractivity contribution in [1.82, 2.24) is 0 Å². The van der Waals surface area contributed by atoms with Crippen LogP contribution in [0.2, 0.25) is 5.02 Å². The Morgan fingerprint density at radius 1 is 1.17 bits per heavy atom. The van der Waals surface area contributed by atoms with E-state index < -0.39 is 18.5 Å². The van der Waals surface area contributed by atoms with Crippen molar-refractivity contribution in [2.24, 2.45) is 0 Å². The fraction of sp³-hybridized carbons (Fsp3) is 0.250. The molecular weight excluding hydrogens is 400 g/mol. The van der Waals surface area contributed by atoms with Crippen molar-refractivity contribution in [3.8, 4) is 11.5 Å². The maximum absolute atomic E-state index is 12.6. The smallest absolute Gasteiger partial charge is 0.338 e. The molecule has 2 aromatic rings. The number of fused-ring (bicyclic) bond motifs is 2. The van der Waals surface area contributed by atoms with Crippen LogP contribution in [0.15, 0.2) is 36.4 Å². The molecule has 4 rings (SSSR count). The number of para-hydroxylation sites is 2. The molecule has 2 amide bonds. The number of amides is 2. The van der Waals surface area contributed by atoms with Crippen LogP contribution in [0.3, 0.4) is 0 Å². The molecular formula is C20H17ClN2O6. The van der Waals surface area contributed by atoms with Crippen molar-refractivity contribution in [3.05, 3.63) is 47.0 Å². The zero-order valence-electron chi connectivity index (χ0n) is 15.3. The van der Waals surface area contributed by atoms with Crippen molar-refractivity contribution >= 4 is 40.8 Å². The summed E-state index contributed by atoms with van der Waals surface area (Å²) in [5.74, 6) is -0.826. The lowest BCUT2D eigenvalue weighted by molar-refractivity contribution is -0.124. The molecule has 150 valence electrons. The molecule has 2 aliphatic heterocycles. The number of hydrogen-bond donors (Lipinski definition) is 1. The number of carbonyl (C=O) groups excluding carboxylic acids is 3. The molecule has 9 heteroatoms. The topological polar surface area (TPSA) is 94.2 Å². The summed E-state index contributed by atoms with van der Waals surface area (Å²) in [5.41, 5.74) is 1.22. The van der Waals surface area contributed by atoms with Crippen LogP contribution in [0, 0.1) is 0 Å². The molecule has 29 heavy (non-hydrogen) atoms. The van der Waals surface area contributed by atoms with Crippen molar-refractivity contribution in [2.75, 3.05) is 36.6 Å². The number of anilines is 2. The van der Waals surface area contributed by atoms with E-state index in [2.05, 4.69) is 5.32 Å². The standard InChI is InChI=1S/C20H17ClN2O6/c21-13-8-12(9-16-19(13)28-7-3-6-27-16)20(26)29-11-18(25)23-10-17(24)22-14-4-1-2-5-15(14)23/h1-2,4-5,8-9H,3,6-7,10-11H2,(H,22,24). The molecule has 0 atom stereocenters. The van der Waals surface area contributed by atoms with Crippen molar-refractivity contribution in [3.63, 3.8) is 0 Å². The first kappa shape index (κ1) is 19.1. The van der Waals surface area contributed by atoms with E-state index in [1.165, 1.54) is 17.0 Å². The molecule has 0 unspecified atom stereocenters. The molecule has 0 aliphatic carbocycles. The largest absolute Gasteiger partial charge is 0.489 e. The summed E-state index contributed by atoms with van der Waals surface area (Å²) in [5, 5.41) is 2.92. The van der Waals surface area contributed by atoms with Gasteiger partial charge in [0.2, 0.25) is 5.91 Å². The fourth-order valence-electron chi connectivity index (χ4n) is 3.09. The van der Waals surface area contributed by atoms with Crippen LogP contribution in [0.1, 0.15) is 16.8 Å². The highest BCUT2D eigenvalue weighted by atomic mass is 35.5. The highest BCUT2D eigenvalue weighted by Gasteiger charge is 2.27. The molecule has 2 aromatic carbocycles. The zero-order chi connectivity index (χ0) is 20.4. The van der Waals surface area contributed by atoms with Gasteiger partial charge in [-0.25, -0.2) is 4.79 Å². The minimum Gasteiger partial charge on any atom is -0.489 e. The number of esters is 1. The number of hydrogen-bond acceptors (Lipinski definition) is 6. The summed E-state index contributed by atoms with van der Waals surface area (Å²) in [4.78, 5) is 38.2. The quantitative estimate of drug-likeness (QED) is 0.773. The second-order valence-electron chi connectivity index (χ2n) is 6.46. The van der Waals surface area contributed by atoms with Crippen LogP contribution < -0.4 is 19.7 Å². The Labute approximate surface area is 171 Å². The summed E-state index contributed by atoms with van der Waals surface area (Å²) in [6, 6.07) is 9.79. The van der Waals surface area contributed by atoms with E-state index in [1.54, 1.807) is 24.3 Å². The SMILES string of the molecule is O=C1CN(C(=O)COC(=O)c2cc(Cl)c3c(c2)OCCCO3)c2ccccc2N1. The molecule has 2 aliphatic rings. The lowest BCUT2D eigenvalue weighted by Gasteiger charge is -2.28. The van der Waals surface area contributed by atoms with E-state index in [0.29, 0.717) is 42.5 Å². The monoisotopic (exact) mass is 416 g/mol. The first-order valence-corrected chi connectivity index (χ1v) is 9.36. The van der Waals surface area contributed by atoms with E-state index in [0.717, 1.165) is 0 Å². The zero-order valence-corrected chi connectivity index (χ0v) is 16.0. The number of ether oxygens (including phenoxy) is 3. The second-order valence-corrected chi connectivity index (χ2v) is 6.86. The third-order valence-corrected chi connectivity index (χ3v) is 4.72. The Balaban J connectivity index is 1.46. The maximum atomic E-state index is 12.6. The van der Waals surface area contributed by atoms with Crippen molar-refractivity contribution in [1.29, 1.82) is 0 Å². The Kier molecular flexibility index (Phi) is 5.26. The van der Waals surface area contributed by atoms with E-state index in [1.807, 2.05) is 0 Å². The number of nitrogens with one attached hydrogen (secondary N) is 1. The van der Waals surface area contributed by atoms with E-state index in [9.17, 15) is 14.4 Å². The van der Waals surface area contributed by atoms with Gasteiger partial charge in [-0.1, -0.05) is 23.7 Å². The molecule has 0 bridgehead atoms. The number of rotatable bonds is 3. The Bertz CT molecular complexity index is 993. The Hall–Kier alpha value is -3.26. The maximum Gasteiger partial charge on any atom is 0.338 e. The van der Waals surface area contributed by atoms with Gasteiger partial charge in [0.25, 0.3) is 5.91 Å². The van der Waals surface area contributed by atoms with Crippen LogP contribution in [-0.2, 0) is 14.3 Å². The Morgan fingerprint density at radius 3 is 2.83 bits per heavy atom. The first-order chi connectivity index (χ1) is 14.0. The van der Waals surface area contributed by atoms with E-state index >= 15 is 0 Å². The summed E-state index contributed by atoms with van der Waals surface area (Å²) in [6.07, 6.45) is 0.699. The third-order valence-electron chi connectivity index (χ3n) is 4.44. The minimum atomic E-state index is -0.731. The number of carbonyl (C=O) groups is 3. The van der Waals surface area contributed by atoms with Gasteiger partial charge < -0.3 is 19.5 Å². The minimum absolute atomic E-state index is 0.142. The molecule has 0 saturated carbocycles. The van der Waals surface area contributed by atoms with Crippen molar-refractivity contribution < 1.29 is 28.6 Å². The highest BCUT2D eigenvalue weighted by molar-refractivity contribution is 6.32. The molecule has 1 N–H and O–H groups in total. The number of benzene rings is 2. The third kappa shape index (κ3) is 3.97. The van der Waals surface area contributed by atoms with Crippen LogP contribution >= 0.6 is 11.6 Å². The predicted molar refractivity (Wildman–Crippen MR) is 105 cm³/mol. The van der Waals surface area contributed by atoms with Crippen LogP contribution in [-0.4, -0.2) is 44.1 Å². The highest BCUT2D eigenvalue weighted by Crippen LogP contribution is 2.38. The van der Waals surface area contributed by atoms with E-state index in [4.69, 9.17) is 25.8 Å². The number of halogens is 1. The normalized spacial score (nSPS) is 15.1. The van der Waals surface area contributed by atoms with Crippen LogP contribution in [0.5, 0.6) is 11.5 Å². The van der Waals surface area contributed by atoms with Gasteiger partial charge in [0.1, 0.15) is 6.54 Å². The lowest BCUT2D eigenvalue weighted by atomic mass is 10.2. The van der Waals surface area contributed by atoms with Gasteiger partial charge in [-0.05, 0) is 24.3 Å². The van der Waals surface area contributed by atoms with Gasteiger partial charge in [0, 0.05) is 6.42 Å². The summed E-state index contributed by atoms with van der Waals surface area (Å²) in [6.45, 7) is 0.238. The molecule has 2 heterocycles. The second kappa shape index (κ2) is 8.00. The van der Waals surface area contributed by atoms with Crippen LogP contribution in [0.25, 0.3) is 0 Å². The summed E-state index contributed by atoms with van der Waals surface area (Å²) >= 11 is 6.19. The van der Waals surface area contributed by atoms with Gasteiger partial charge in [-0.3, -0.25) is 14.5 Å². The number of nitrogens with zero attached hydrogens (tertiary/aromatic N) is 1. The van der Waals surface area contributed by atoms with Gasteiger partial charge in [0.05, 0.1) is 35.2 Å². The van der Waals surface area contributed by atoms with Crippen LogP contribution in [0.4, 0.5) is 11.4 Å². The molecule has 0 radical (unpaired) electrons. The lowest BCUT2D eigenvalue weighted by Crippen LogP contribution is -2.44. The average Bonchev–Trinajstić information content (AvgIpc) is 2.97. The fourth-order valence-corrected chi connectivity index (χ4v) is 3.36. The molecule has 0 fully saturated rings. The molecule has 8 nitrogen and oxygen atoms in total. The summed E-state index contributed by atoms with van der Waals surface area (Å²) in [7, 11) is 0. The molecule has 0 spiro atoms. The van der Waals surface area contributed by atoms with Gasteiger partial charge in [-0.15, -0.1) is 0 Å². The van der Waals surface area contributed by atoms with Gasteiger partial charge in [-0.2, -0.15) is 0 Å². The van der Waals surface area contributed by atoms with Gasteiger partial charge in [0.15, 0.2) is 18.1 Å². The van der Waals surface area contributed by atoms with E-state index in [-0.39, 0.29) is 23.0 Å². The van der Waals surface area contributed by atoms with Gasteiger partial charge >= 0.3 is 5.97 Å². The first-order valence-electron chi connectivity index (χ1n) is 8.98. The average molecular weight is 417 g/mol. The van der Waals surface area contributed by atoms with Crippen molar-refractivity contribution in [2.45, 2.75) is 6.42 Å². The molecule has 0 aromatic heterocycles. The Morgan fingerprint density at radius 2 is 1.97 bits per heavy atom. The summed E-state index contributed by atoms with van der Waals surface area (Å²) < 4.78 is 16.2. The molecule has 0 saturated heterocycles.